The Balaban J connectivity index is 1.36. The molecule has 3 aromatic heterocycles. The first-order chi connectivity index (χ1) is 21.7. The van der Waals surface area contributed by atoms with Crippen molar-refractivity contribution >= 4 is 71.4 Å². The van der Waals surface area contributed by atoms with Crippen LogP contribution in [0.25, 0.3) is 65.6 Å². The lowest BCUT2D eigenvalue weighted by Crippen LogP contribution is -2.16. The standard InChI is InChI=1S/C39H29N5/c1-3-11-25(4-2)39(42-40)41-27-18-20-28(21-19-27)43-34-16-9-8-15-32(34)33-22-26-23-37-31-14-6-5-12-29(31)30-13-7-10-17-35(30)44(37)36(26)24-38(33)43/h3-24H,1-2,40H2,(H,41,42)/b25-11+. The van der Waals surface area contributed by atoms with E-state index in [1.807, 2.05) is 18.2 Å². The van der Waals surface area contributed by atoms with E-state index in [1.165, 1.54) is 48.9 Å². The number of aromatic nitrogens is 2. The van der Waals surface area contributed by atoms with Gasteiger partial charge in [-0.1, -0.05) is 92.0 Å². The van der Waals surface area contributed by atoms with Crippen molar-refractivity contribution in [3.05, 3.63) is 152 Å². The molecule has 3 N–H and O–H groups in total. The molecule has 0 radical (unpaired) electrons. The smallest absolute Gasteiger partial charge is 0.157 e. The van der Waals surface area contributed by atoms with E-state index < -0.39 is 0 Å². The molecule has 0 saturated heterocycles. The molecule has 0 bridgehead atoms. The van der Waals surface area contributed by atoms with Crippen LogP contribution in [0.1, 0.15) is 0 Å². The number of para-hydroxylation sites is 2. The third kappa shape index (κ3) is 3.76. The number of rotatable bonds is 5. The Morgan fingerprint density at radius 2 is 1.27 bits per heavy atom. The SMILES string of the molecule is C=C/C=C(C=C)/C(=N/N)Nc1ccc(-n2c3ccccc3c3cc4cc5c6ccccc6c6ccccc6n5c4cc32)cc1. The second kappa shape index (κ2) is 10.0. The van der Waals surface area contributed by atoms with Crippen molar-refractivity contribution in [3.63, 3.8) is 0 Å². The summed E-state index contributed by atoms with van der Waals surface area (Å²) in [6.07, 6.45) is 5.20. The van der Waals surface area contributed by atoms with Crippen LogP contribution < -0.4 is 11.2 Å². The fraction of sp³-hybridized carbons (Fsp3) is 0. The molecule has 0 aliphatic carbocycles. The van der Waals surface area contributed by atoms with E-state index >= 15 is 0 Å². The number of allylic oxidation sites excluding steroid dienone is 2. The minimum atomic E-state index is 0.520. The zero-order chi connectivity index (χ0) is 29.8. The summed E-state index contributed by atoms with van der Waals surface area (Å²) in [7, 11) is 0. The molecule has 0 aliphatic heterocycles. The van der Waals surface area contributed by atoms with Gasteiger partial charge >= 0.3 is 0 Å². The van der Waals surface area contributed by atoms with E-state index in [1.54, 1.807) is 12.2 Å². The quantitative estimate of drug-likeness (QED) is 0.0543. The van der Waals surface area contributed by atoms with Crippen molar-refractivity contribution < 1.29 is 0 Å². The predicted molar refractivity (Wildman–Crippen MR) is 188 cm³/mol. The van der Waals surface area contributed by atoms with Gasteiger partial charge in [0.05, 0.1) is 27.6 Å². The van der Waals surface area contributed by atoms with E-state index in [4.69, 9.17) is 5.84 Å². The van der Waals surface area contributed by atoms with Gasteiger partial charge in [0.2, 0.25) is 0 Å². The minimum Gasteiger partial charge on any atom is -0.338 e. The van der Waals surface area contributed by atoms with Crippen LogP contribution in [-0.2, 0) is 0 Å². The summed E-state index contributed by atoms with van der Waals surface area (Å²) in [4.78, 5) is 0. The first-order valence-electron chi connectivity index (χ1n) is 14.6. The second-order valence-corrected chi connectivity index (χ2v) is 10.9. The van der Waals surface area contributed by atoms with E-state index in [0.29, 0.717) is 5.84 Å². The van der Waals surface area contributed by atoms with Gasteiger partial charge in [0.1, 0.15) is 0 Å². The zero-order valence-electron chi connectivity index (χ0n) is 24.0. The zero-order valence-corrected chi connectivity index (χ0v) is 24.0. The summed E-state index contributed by atoms with van der Waals surface area (Å²) >= 11 is 0. The molecular formula is C39H29N5. The van der Waals surface area contributed by atoms with Gasteiger partial charge in [-0.2, -0.15) is 5.10 Å². The molecule has 0 unspecified atom stereocenters. The fourth-order valence-corrected chi connectivity index (χ4v) is 6.63. The van der Waals surface area contributed by atoms with Gasteiger partial charge in [0, 0.05) is 43.9 Å². The van der Waals surface area contributed by atoms with Crippen molar-refractivity contribution in [1.29, 1.82) is 0 Å². The Kier molecular flexibility index (Phi) is 5.84. The van der Waals surface area contributed by atoms with Crippen molar-refractivity contribution in [3.8, 4) is 5.69 Å². The molecule has 5 heteroatoms. The molecule has 0 saturated carbocycles. The molecule has 44 heavy (non-hydrogen) atoms. The minimum absolute atomic E-state index is 0.520. The maximum absolute atomic E-state index is 5.70. The maximum atomic E-state index is 5.70. The highest BCUT2D eigenvalue weighted by atomic mass is 15.2. The monoisotopic (exact) mass is 567 g/mol. The summed E-state index contributed by atoms with van der Waals surface area (Å²) in [6, 6.07) is 41.4. The first-order valence-corrected chi connectivity index (χ1v) is 14.6. The highest BCUT2D eigenvalue weighted by Crippen LogP contribution is 2.39. The van der Waals surface area contributed by atoms with Crippen molar-refractivity contribution in [2.75, 3.05) is 5.32 Å². The molecule has 0 spiro atoms. The molecule has 0 aliphatic rings. The lowest BCUT2D eigenvalue weighted by Gasteiger charge is -2.12. The molecule has 5 nitrogen and oxygen atoms in total. The number of pyridine rings is 1. The number of nitrogens with two attached hydrogens (primary N) is 1. The Labute approximate surface area is 254 Å². The van der Waals surface area contributed by atoms with E-state index in [-0.39, 0.29) is 0 Å². The van der Waals surface area contributed by atoms with Gasteiger partial charge in [-0.25, -0.2) is 0 Å². The second-order valence-electron chi connectivity index (χ2n) is 10.9. The van der Waals surface area contributed by atoms with Crippen molar-refractivity contribution in [2.24, 2.45) is 10.9 Å². The highest BCUT2D eigenvalue weighted by molar-refractivity contribution is 6.19. The lowest BCUT2D eigenvalue weighted by molar-refractivity contribution is 1.18. The fourth-order valence-electron chi connectivity index (χ4n) is 6.63. The number of anilines is 1. The van der Waals surface area contributed by atoms with Crippen LogP contribution >= 0.6 is 0 Å². The van der Waals surface area contributed by atoms with Gasteiger partial charge in [-0.15, -0.1) is 0 Å². The molecule has 5 aromatic carbocycles. The molecular weight excluding hydrogens is 538 g/mol. The number of amidine groups is 1. The van der Waals surface area contributed by atoms with Crippen LogP contribution in [0.4, 0.5) is 5.69 Å². The van der Waals surface area contributed by atoms with Gasteiger partial charge in [-0.05, 0) is 60.0 Å². The number of benzene rings is 5. The number of hydrogen-bond acceptors (Lipinski definition) is 2. The third-order valence-electron chi connectivity index (χ3n) is 8.54. The average Bonchev–Trinajstić information content (AvgIpc) is 3.61. The lowest BCUT2D eigenvalue weighted by atomic mass is 10.1. The summed E-state index contributed by atoms with van der Waals surface area (Å²) < 4.78 is 4.77. The average molecular weight is 568 g/mol. The maximum Gasteiger partial charge on any atom is 0.157 e. The molecule has 0 fully saturated rings. The van der Waals surface area contributed by atoms with Crippen molar-refractivity contribution in [1.82, 2.24) is 8.97 Å². The van der Waals surface area contributed by atoms with E-state index in [9.17, 15) is 0 Å². The Morgan fingerprint density at radius 3 is 1.95 bits per heavy atom. The Morgan fingerprint density at radius 1 is 0.636 bits per heavy atom. The molecule has 0 atom stereocenters. The molecule has 210 valence electrons. The summed E-state index contributed by atoms with van der Waals surface area (Å²) in [5.41, 5.74) is 8.62. The highest BCUT2D eigenvalue weighted by Gasteiger charge is 2.17. The molecule has 3 heterocycles. The van der Waals surface area contributed by atoms with Gasteiger partial charge in [0.15, 0.2) is 5.84 Å². The van der Waals surface area contributed by atoms with Crippen LogP contribution in [0.3, 0.4) is 0 Å². The number of fused-ring (bicyclic) bond motifs is 11. The van der Waals surface area contributed by atoms with Crippen LogP contribution in [0.2, 0.25) is 0 Å². The van der Waals surface area contributed by atoms with E-state index in [0.717, 1.165) is 28.0 Å². The molecule has 8 aromatic rings. The summed E-state index contributed by atoms with van der Waals surface area (Å²) in [5, 5.41) is 14.7. The number of nitrogens with one attached hydrogen (secondary N) is 1. The van der Waals surface area contributed by atoms with E-state index in [2.05, 4.69) is 136 Å². The molecule has 0 amide bonds. The van der Waals surface area contributed by atoms with Gasteiger partial charge < -0.3 is 20.1 Å². The summed E-state index contributed by atoms with van der Waals surface area (Å²) in [5.74, 6) is 6.22. The third-order valence-corrected chi connectivity index (χ3v) is 8.54. The Hall–Kier alpha value is -6.07. The number of hydrogen-bond donors (Lipinski definition) is 2. The first kappa shape index (κ1) is 25.6. The van der Waals surface area contributed by atoms with Crippen molar-refractivity contribution in [2.45, 2.75) is 0 Å². The predicted octanol–water partition coefficient (Wildman–Crippen LogP) is 9.48. The number of nitrogens with zero attached hydrogens (tertiary/aromatic N) is 3. The molecule has 8 rings (SSSR count). The summed E-state index contributed by atoms with van der Waals surface area (Å²) in [6.45, 7) is 7.64. The van der Waals surface area contributed by atoms with Gasteiger partial charge in [0.25, 0.3) is 0 Å². The van der Waals surface area contributed by atoms with Crippen LogP contribution in [0, 0.1) is 0 Å². The number of hydrazone groups is 1. The topological polar surface area (TPSA) is 59.8 Å². The van der Waals surface area contributed by atoms with Crippen LogP contribution in [-0.4, -0.2) is 14.8 Å². The van der Waals surface area contributed by atoms with Crippen LogP contribution in [0.15, 0.2) is 157 Å². The van der Waals surface area contributed by atoms with Gasteiger partial charge in [-0.3, -0.25) is 0 Å². The normalized spacial score (nSPS) is 12.6. The Bertz CT molecular complexity index is 2500. The largest absolute Gasteiger partial charge is 0.338 e. The van der Waals surface area contributed by atoms with Crippen LogP contribution in [0.5, 0.6) is 0 Å².